The highest BCUT2D eigenvalue weighted by molar-refractivity contribution is 5.72. The maximum absolute atomic E-state index is 13.9. The molecule has 0 spiro atoms. The van der Waals surface area contributed by atoms with Gasteiger partial charge >= 0.3 is 0 Å². The van der Waals surface area contributed by atoms with Gasteiger partial charge in [-0.25, -0.2) is 8.78 Å². The van der Waals surface area contributed by atoms with Gasteiger partial charge in [0.05, 0.1) is 13.1 Å². The molecule has 1 fully saturated rings. The van der Waals surface area contributed by atoms with E-state index in [0.29, 0.717) is 29.9 Å². The highest BCUT2D eigenvalue weighted by atomic mass is 19.2. The summed E-state index contributed by atoms with van der Waals surface area (Å²) in [7, 11) is 0. The molecule has 0 aliphatic carbocycles. The number of nitrogens with one attached hydrogen (secondary N) is 1. The summed E-state index contributed by atoms with van der Waals surface area (Å²) in [6.45, 7) is 1.30. The third kappa shape index (κ3) is 4.18. The summed E-state index contributed by atoms with van der Waals surface area (Å²) < 4.78 is 26.9. The van der Waals surface area contributed by atoms with Crippen LogP contribution in [0.1, 0.15) is 22.6 Å². The first kappa shape index (κ1) is 21.5. The Balaban J connectivity index is 1.72. The van der Waals surface area contributed by atoms with Crippen LogP contribution < -0.4 is 9.96 Å². The first-order chi connectivity index (χ1) is 16.0. The highest BCUT2D eigenvalue weighted by Crippen LogP contribution is 2.42. The second-order valence-corrected chi connectivity index (χ2v) is 8.43. The molecule has 1 atom stereocenters. The molecule has 1 unspecified atom stereocenters. The van der Waals surface area contributed by atoms with Gasteiger partial charge < -0.3 is 9.85 Å². The van der Waals surface area contributed by atoms with Crippen LogP contribution in [-0.4, -0.2) is 19.8 Å². The lowest BCUT2D eigenvalue weighted by Crippen LogP contribution is -2.42. The van der Waals surface area contributed by atoms with Gasteiger partial charge in [0.2, 0.25) is 0 Å². The Hall–Kier alpha value is -3.38. The largest absolute Gasteiger partial charge is 0.626 e. The van der Waals surface area contributed by atoms with Crippen LogP contribution in [0.4, 0.5) is 14.5 Å². The van der Waals surface area contributed by atoms with E-state index in [9.17, 15) is 14.0 Å². The minimum atomic E-state index is -0.904. The van der Waals surface area contributed by atoms with E-state index in [2.05, 4.69) is 29.6 Å². The second-order valence-electron chi connectivity index (χ2n) is 8.43. The number of quaternary nitrogens is 1. The average Bonchev–Trinajstić information content (AvgIpc) is 3.30. The van der Waals surface area contributed by atoms with E-state index < -0.39 is 16.3 Å². The Labute approximate surface area is 192 Å². The van der Waals surface area contributed by atoms with E-state index >= 15 is 0 Å². The average molecular weight is 443 g/mol. The van der Waals surface area contributed by atoms with E-state index in [-0.39, 0.29) is 12.6 Å². The topological polar surface area (TPSA) is 35.1 Å². The molecule has 3 nitrogen and oxygen atoms in total. The minimum absolute atomic E-state index is 0.133. The van der Waals surface area contributed by atoms with Crippen molar-refractivity contribution in [3.8, 4) is 11.1 Å². The zero-order valence-corrected chi connectivity index (χ0v) is 18.0. The van der Waals surface area contributed by atoms with Gasteiger partial charge in [0.15, 0.2) is 11.6 Å². The van der Waals surface area contributed by atoms with Crippen molar-refractivity contribution in [2.45, 2.75) is 5.92 Å². The van der Waals surface area contributed by atoms with Gasteiger partial charge in [-0.3, -0.25) is 5.32 Å². The van der Waals surface area contributed by atoms with Crippen molar-refractivity contribution in [2.24, 2.45) is 0 Å². The number of hydrogen-bond donors (Lipinski definition) is 1. The monoisotopic (exact) mass is 442 g/mol. The zero-order valence-electron chi connectivity index (χ0n) is 18.0. The standard InChI is InChI=1S/C28H24F2N2O/c29-25-14-12-22(17-26(25)30)23-11-13-24(27(18-23)32(33)16-15-31-19-32)28(20-7-3-1-4-8-20)21-9-5-2-6-10-21/h1-14,17-18,28,31H,15-16,19H2. The van der Waals surface area contributed by atoms with E-state index in [1.54, 1.807) is 6.07 Å². The highest BCUT2D eigenvalue weighted by Gasteiger charge is 2.32. The Morgan fingerprint density at radius 2 is 1.33 bits per heavy atom. The van der Waals surface area contributed by atoms with Gasteiger partial charge in [-0.05, 0) is 34.4 Å². The van der Waals surface area contributed by atoms with Crippen LogP contribution in [0.2, 0.25) is 0 Å². The van der Waals surface area contributed by atoms with Gasteiger partial charge in [0, 0.05) is 17.5 Å². The van der Waals surface area contributed by atoms with Crippen LogP contribution in [-0.2, 0) is 0 Å². The molecule has 1 heterocycles. The Morgan fingerprint density at radius 3 is 1.91 bits per heavy atom. The van der Waals surface area contributed by atoms with E-state index in [4.69, 9.17) is 0 Å². The van der Waals surface area contributed by atoms with Crippen molar-refractivity contribution in [2.75, 3.05) is 19.8 Å². The molecule has 4 aromatic carbocycles. The number of halogens is 2. The molecule has 0 bridgehead atoms. The number of benzene rings is 4. The molecule has 33 heavy (non-hydrogen) atoms. The predicted molar refractivity (Wildman–Crippen MR) is 129 cm³/mol. The van der Waals surface area contributed by atoms with Gasteiger partial charge in [-0.15, -0.1) is 0 Å². The van der Waals surface area contributed by atoms with Crippen LogP contribution in [0.3, 0.4) is 0 Å². The van der Waals surface area contributed by atoms with Gasteiger partial charge in [-0.1, -0.05) is 78.9 Å². The third-order valence-corrected chi connectivity index (χ3v) is 6.32. The van der Waals surface area contributed by atoms with Crippen molar-refractivity contribution in [3.05, 3.63) is 131 Å². The summed E-state index contributed by atoms with van der Waals surface area (Å²) in [6, 6.07) is 29.8. The second kappa shape index (κ2) is 8.87. The summed E-state index contributed by atoms with van der Waals surface area (Å²) in [5.74, 6) is -1.93. The summed E-state index contributed by atoms with van der Waals surface area (Å²) in [4.78, 5) is 0. The first-order valence-electron chi connectivity index (χ1n) is 11.0. The van der Waals surface area contributed by atoms with Crippen LogP contribution >= 0.6 is 0 Å². The molecule has 0 amide bonds. The van der Waals surface area contributed by atoms with Crippen molar-refractivity contribution >= 4 is 5.69 Å². The summed E-state index contributed by atoms with van der Waals surface area (Å²) in [6.07, 6.45) is 0. The summed E-state index contributed by atoms with van der Waals surface area (Å²) in [5, 5.41) is 17.1. The molecular formula is C28H24F2N2O. The third-order valence-electron chi connectivity index (χ3n) is 6.32. The molecule has 0 aromatic heterocycles. The number of hydroxylamine groups is 2. The van der Waals surface area contributed by atoms with Gasteiger partial charge in [0.1, 0.15) is 12.4 Å². The molecule has 0 saturated carbocycles. The number of rotatable bonds is 5. The van der Waals surface area contributed by atoms with Gasteiger partial charge in [0.25, 0.3) is 0 Å². The quantitative estimate of drug-likeness (QED) is 0.228. The zero-order chi connectivity index (χ0) is 22.8. The van der Waals surface area contributed by atoms with E-state index in [0.717, 1.165) is 22.8 Å². The Morgan fingerprint density at radius 1 is 0.727 bits per heavy atom. The number of nitrogens with zero attached hydrogens (tertiary/aromatic N) is 1. The minimum Gasteiger partial charge on any atom is -0.626 e. The molecule has 1 aliphatic heterocycles. The van der Waals surface area contributed by atoms with Crippen LogP contribution in [0.15, 0.2) is 97.1 Å². The smallest absolute Gasteiger partial charge is 0.159 e. The normalized spacial score (nSPS) is 18.1. The van der Waals surface area contributed by atoms with Gasteiger partial charge in [-0.2, -0.15) is 0 Å². The molecule has 1 aliphatic rings. The fourth-order valence-electron chi connectivity index (χ4n) is 4.64. The van der Waals surface area contributed by atoms with Crippen LogP contribution in [0.5, 0.6) is 0 Å². The maximum Gasteiger partial charge on any atom is 0.159 e. The molecule has 166 valence electrons. The molecule has 5 rings (SSSR count). The lowest BCUT2D eigenvalue weighted by molar-refractivity contribution is 0.445. The summed E-state index contributed by atoms with van der Waals surface area (Å²) in [5.41, 5.74) is 4.95. The molecule has 0 radical (unpaired) electrons. The molecule has 4 aromatic rings. The number of hydrogen-bond acceptors (Lipinski definition) is 2. The molecule has 1 N–H and O–H groups in total. The van der Waals surface area contributed by atoms with Crippen molar-refractivity contribution in [1.29, 1.82) is 0 Å². The van der Waals surface area contributed by atoms with E-state index in [1.807, 2.05) is 54.6 Å². The maximum atomic E-state index is 13.9. The fraction of sp³-hybridized carbons (Fsp3) is 0.143. The Bertz CT molecular complexity index is 1220. The SMILES string of the molecule is [O-][N+]1(c2cc(-c3ccc(F)c(F)c3)ccc2C(c2ccccc2)c2ccccc2)CCNC1. The fourth-order valence-corrected chi connectivity index (χ4v) is 4.64. The predicted octanol–water partition coefficient (Wildman–Crippen LogP) is 6.18. The Kier molecular flexibility index (Phi) is 5.77. The first-order valence-corrected chi connectivity index (χ1v) is 11.0. The van der Waals surface area contributed by atoms with Crippen molar-refractivity contribution < 1.29 is 8.78 Å². The van der Waals surface area contributed by atoms with Crippen LogP contribution in [0.25, 0.3) is 11.1 Å². The van der Waals surface area contributed by atoms with Crippen molar-refractivity contribution in [3.63, 3.8) is 0 Å². The van der Waals surface area contributed by atoms with E-state index in [1.165, 1.54) is 6.07 Å². The molecular weight excluding hydrogens is 418 g/mol. The van der Waals surface area contributed by atoms with Crippen LogP contribution in [0, 0.1) is 16.8 Å². The lowest BCUT2D eigenvalue weighted by atomic mass is 9.83. The summed E-state index contributed by atoms with van der Waals surface area (Å²) >= 11 is 0. The molecule has 1 saturated heterocycles. The molecule has 5 heteroatoms. The lowest BCUT2D eigenvalue weighted by Gasteiger charge is -2.39. The van der Waals surface area contributed by atoms with Crippen molar-refractivity contribution in [1.82, 2.24) is 9.96 Å².